The molecule has 0 aromatic heterocycles. The normalized spacial score (nSPS) is 21.5. The molecule has 0 bridgehead atoms. The number of rotatable bonds is 6. The van der Waals surface area contributed by atoms with Crippen LogP contribution in [0.3, 0.4) is 0 Å². The summed E-state index contributed by atoms with van der Waals surface area (Å²) in [7, 11) is 3.56. The van der Waals surface area contributed by atoms with Crippen molar-refractivity contribution in [3.63, 3.8) is 0 Å². The molecule has 2 heterocycles. The van der Waals surface area contributed by atoms with Crippen LogP contribution in [0.1, 0.15) is 50.2 Å². The van der Waals surface area contributed by atoms with Crippen LogP contribution in [-0.2, 0) is 17.9 Å². The van der Waals surface area contributed by atoms with Crippen molar-refractivity contribution in [3.05, 3.63) is 35.4 Å². The lowest BCUT2D eigenvalue weighted by atomic mass is 9.93. The van der Waals surface area contributed by atoms with Crippen molar-refractivity contribution in [2.24, 2.45) is 16.8 Å². The fraction of sp³-hybridized carbons (Fsp3) is 0.667. The third-order valence-corrected chi connectivity index (χ3v) is 6.50. The summed E-state index contributed by atoms with van der Waals surface area (Å²) in [6.45, 7) is 8.56. The maximum absolute atomic E-state index is 11.6. The van der Waals surface area contributed by atoms with Gasteiger partial charge in [0.25, 0.3) is 0 Å². The Bertz CT molecular complexity index is 694. The van der Waals surface area contributed by atoms with E-state index >= 15 is 0 Å². The molecule has 2 aliphatic rings. The summed E-state index contributed by atoms with van der Waals surface area (Å²) in [6.07, 6.45) is 5.41. The number of benzene rings is 1. The average Bonchev–Trinajstić information content (AvgIpc) is 2.76. The van der Waals surface area contributed by atoms with Gasteiger partial charge in [-0.1, -0.05) is 31.2 Å². The van der Waals surface area contributed by atoms with Gasteiger partial charge in [-0.15, -0.1) is 0 Å². The first kappa shape index (κ1) is 22.6. The minimum Gasteiger partial charge on any atom is -0.359 e. The van der Waals surface area contributed by atoms with Crippen molar-refractivity contribution >= 4 is 11.9 Å². The molecule has 166 valence electrons. The van der Waals surface area contributed by atoms with Crippen LogP contribution in [0.2, 0.25) is 0 Å². The molecule has 6 nitrogen and oxygen atoms in total. The van der Waals surface area contributed by atoms with Crippen LogP contribution in [-0.4, -0.2) is 61.9 Å². The molecule has 2 N–H and O–H groups in total. The van der Waals surface area contributed by atoms with Gasteiger partial charge < -0.3 is 15.5 Å². The zero-order valence-electron chi connectivity index (χ0n) is 19.0. The van der Waals surface area contributed by atoms with Gasteiger partial charge in [0.15, 0.2) is 5.96 Å². The van der Waals surface area contributed by atoms with Crippen LogP contribution in [0.15, 0.2) is 29.3 Å². The highest BCUT2D eigenvalue weighted by molar-refractivity contribution is 5.80. The minimum absolute atomic E-state index is 0.147. The van der Waals surface area contributed by atoms with E-state index in [0.717, 1.165) is 50.9 Å². The number of hydrogen-bond acceptors (Lipinski definition) is 3. The summed E-state index contributed by atoms with van der Waals surface area (Å²) in [5, 5.41) is 6.25. The molecule has 2 aliphatic heterocycles. The lowest BCUT2D eigenvalue weighted by Crippen LogP contribution is -2.45. The van der Waals surface area contributed by atoms with Gasteiger partial charge in [0.05, 0.1) is 0 Å². The minimum atomic E-state index is 0.147. The summed E-state index contributed by atoms with van der Waals surface area (Å²) >= 11 is 0. The number of hydrogen-bond donors (Lipinski definition) is 2. The molecule has 0 spiro atoms. The molecule has 1 atom stereocenters. The third-order valence-electron chi connectivity index (χ3n) is 6.50. The molecule has 0 aliphatic carbocycles. The Balaban J connectivity index is 1.43. The third kappa shape index (κ3) is 6.73. The van der Waals surface area contributed by atoms with Gasteiger partial charge in [-0.05, 0) is 55.2 Å². The van der Waals surface area contributed by atoms with E-state index in [9.17, 15) is 4.79 Å². The van der Waals surface area contributed by atoms with Crippen LogP contribution in [0.25, 0.3) is 0 Å². The Morgan fingerprint density at radius 1 is 1.10 bits per heavy atom. The van der Waals surface area contributed by atoms with Gasteiger partial charge in [-0.3, -0.25) is 14.7 Å². The second kappa shape index (κ2) is 11.3. The summed E-state index contributed by atoms with van der Waals surface area (Å²) in [4.78, 5) is 21.0. The number of nitrogens with one attached hydrogen (secondary N) is 2. The van der Waals surface area contributed by atoms with Gasteiger partial charge in [0.2, 0.25) is 5.91 Å². The first-order valence-electron chi connectivity index (χ1n) is 11.5. The van der Waals surface area contributed by atoms with Crippen molar-refractivity contribution < 1.29 is 4.79 Å². The zero-order chi connectivity index (χ0) is 21.3. The molecule has 1 amide bonds. The van der Waals surface area contributed by atoms with Gasteiger partial charge >= 0.3 is 0 Å². The Hall–Kier alpha value is -2.08. The summed E-state index contributed by atoms with van der Waals surface area (Å²) in [6, 6.07) is 9.00. The number of carbonyl (C=O) groups excluding carboxylic acids is 1. The maximum Gasteiger partial charge on any atom is 0.220 e. The highest BCUT2D eigenvalue weighted by atomic mass is 16.1. The summed E-state index contributed by atoms with van der Waals surface area (Å²) in [5.74, 6) is 2.41. The van der Waals surface area contributed by atoms with Crippen molar-refractivity contribution in [2.75, 3.05) is 40.3 Å². The molecular weight excluding hydrogens is 374 g/mol. The summed E-state index contributed by atoms with van der Waals surface area (Å²) < 4.78 is 0. The van der Waals surface area contributed by atoms with Crippen molar-refractivity contribution in [3.8, 4) is 0 Å². The van der Waals surface area contributed by atoms with E-state index in [-0.39, 0.29) is 5.91 Å². The van der Waals surface area contributed by atoms with Crippen LogP contribution in [0.4, 0.5) is 0 Å². The lowest BCUT2D eigenvalue weighted by molar-refractivity contribution is -0.121. The molecule has 1 aromatic carbocycles. The Morgan fingerprint density at radius 2 is 1.80 bits per heavy atom. The molecular formula is C24H39N5O. The number of likely N-dealkylation sites (tertiary alicyclic amines) is 2. The highest BCUT2D eigenvalue weighted by Crippen LogP contribution is 2.21. The van der Waals surface area contributed by atoms with E-state index in [4.69, 9.17) is 0 Å². The number of aliphatic imine (C=N–C) groups is 1. The predicted molar refractivity (Wildman–Crippen MR) is 123 cm³/mol. The fourth-order valence-corrected chi connectivity index (χ4v) is 4.68. The first-order chi connectivity index (χ1) is 14.6. The van der Waals surface area contributed by atoms with Crippen LogP contribution in [0, 0.1) is 11.8 Å². The van der Waals surface area contributed by atoms with Crippen LogP contribution >= 0.6 is 0 Å². The molecule has 1 unspecified atom stereocenters. The largest absolute Gasteiger partial charge is 0.359 e. The summed E-state index contributed by atoms with van der Waals surface area (Å²) in [5.41, 5.74) is 2.68. The molecule has 3 rings (SSSR count). The first-order valence-corrected chi connectivity index (χ1v) is 11.5. The second-order valence-electron chi connectivity index (χ2n) is 9.01. The molecule has 30 heavy (non-hydrogen) atoms. The Morgan fingerprint density at radius 3 is 2.43 bits per heavy atom. The Labute approximate surface area is 182 Å². The molecule has 0 saturated carbocycles. The highest BCUT2D eigenvalue weighted by Gasteiger charge is 2.23. The predicted octanol–water partition coefficient (Wildman–Crippen LogP) is 2.84. The van der Waals surface area contributed by atoms with Crippen LogP contribution < -0.4 is 10.6 Å². The van der Waals surface area contributed by atoms with E-state index in [1.807, 2.05) is 7.05 Å². The average molecular weight is 414 g/mol. The van der Waals surface area contributed by atoms with E-state index < -0.39 is 0 Å². The topological polar surface area (TPSA) is 60.0 Å². The van der Waals surface area contributed by atoms with E-state index in [2.05, 4.69) is 56.6 Å². The monoisotopic (exact) mass is 413 g/mol. The van der Waals surface area contributed by atoms with Crippen molar-refractivity contribution in [1.82, 2.24) is 20.4 Å². The number of piperidine rings is 2. The number of guanidine groups is 1. The molecule has 2 saturated heterocycles. The van der Waals surface area contributed by atoms with Gasteiger partial charge in [-0.25, -0.2) is 0 Å². The van der Waals surface area contributed by atoms with Crippen molar-refractivity contribution in [1.29, 1.82) is 0 Å². The van der Waals surface area contributed by atoms with E-state index in [1.54, 1.807) is 7.05 Å². The maximum atomic E-state index is 11.6. The van der Waals surface area contributed by atoms with Crippen LogP contribution in [0.5, 0.6) is 0 Å². The van der Waals surface area contributed by atoms with Gasteiger partial charge in [-0.2, -0.15) is 0 Å². The quantitative estimate of drug-likeness (QED) is 0.556. The standard InChI is InChI=1S/C24H39N5O/c1-19-5-4-12-28(17-19)18-22-8-6-21(7-9-22)16-27-24(26-3)29-13-10-20(11-14-29)15-23(30)25-2/h6-9,19-20H,4-5,10-18H2,1-3H3,(H,25,30)(H,26,27). The van der Waals surface area contributed by atoms with E-state index in [1.165, 1.54) is 37.1 Å². The molecule has 1 aromatic rings. The van der Waals surface area contributed by atoms with Crippen molar-refractivity contribution in [2.45, 2.75) is 52.1 Å². The molecule has 6 heteroatoms. The number of carbonyl (C=O) groups is 1. The zero-order valence-corrected chi connectivity index (χ0v) is 19.0. The fourth-order valence-electron chi connectivity index (χ4n) is 4.68. The SMILES string of the molecule is CN=C(NCc1ccc(CN2CCCC(C)C2)cc1)N1CCC(CC(=O)NC)CC1. The number of amides is 1. The number of nitrogens with zero attached hydrogens (tertiary/aromatic N) is 3. The molecule has 0 radical (unpaired) electrons. The molecule has 2 fully saturated rings. The van der Waals surface area contributed by atoms with Gasteiger partial charge in [0, 0.05) is 53.2 Å². The van der Waals surface area contributed by atoms with E-state index in [0.29, 0.717) is 12.3 Å². The second-order valence-corrected chi connectivity index (χ2v) is 9.01. The smallest absolute Gasteiger partial charge is 0.220 e. The van der Waals surface area contributed by atoms with Gasteiger partial charge in [0.1, 0.15) is 0 Å². The Kier molecular flexibility index (Phi) is 8.55. The lowest BCUT2D eigenvalue weighted by Gasteiger charge is -2.34.